The quantitative estimate of drug-likeness (QED) is 0.832. The van der Waals surface area contributed by atoms with Crippen molar-refractivity contribution in [2.24, 2.45) is 0 Å². The van der Waals surface area contributed by atoms with Crippen LogP contribution in [0.1, 0.15) is 29.9 Å². The van der Waals surface area contributed by atoms with Crippen LogP contribution in [-0.4, -0.2) is 11.7 Å². The molecule has 0 unspecified atom stereocenters. The summed E-state index contributed by atoms with van der Waals surface area (Å²) in [4.78, 5) is 0. The summed E-state index contributed by atoms with van der Waals surface area (Å²) in [6.07, 6.45) is 2.25. The molecule has 1 fully saturated rings. The second-order valence-corrected chi connectivity index (χ2v) is 3.58. The Labute approximate surface area is 86.5 Å². The Balaban J connectivity index is 2.22. The van der Waals surface area contributed by atoms with Crippen LogP contribution in [0.4, 0.5) is 8.78 Å². The van der Waals surface area contributed by atoms with E-state index in [2.05, 4.69) is 4.74 Å². The van der Waals surface area contributed by atoms with Gasteiger partial charge in [0.1, 0.15) is 12.4 Å². The summed E-state index contributed by atoms with van der Waals surface area (Å²) in [6.45, 7) is -2.07. The standard InChI is InChI=1S/C11H11F2O2/c12-11(13)15-10-4-3-8(7-1-2-7)5-9(10)6-14/h3-7,11,14H,1-2H2. The van der Waals surface area contributed by atoms with E-state index in [-0.39, 0.29) is 5.75 Å². The van der Waals surface area contributed by atoms with E-state index in [1.54, 1.807) is 12.1 Å². The number of aliphatic hydroxyl groups excluding tert-OH is 1. The predicted molar refractivity (Wildman–Crippen MR) is 50.4 cm³/mol. The van der Waals surface area contributed by atoms with Crippen molar-refractivity contribution < 1.29 is 18.6 Å². The molecule has 0 aromatic heterocycles. The maximum absolute atomic E-state index is 12.0. The van der Waals surface area contributed by atoms with E-state index in [1.165, 1.54) is 6.07 Å². The summed E-state index contributed by atoms with van der Waals surface area (Å²) in [7, 11) is 0. The van der Waals surface area contributed by atoms with E-state index < -0.39 is 6.61 Å². The van der Waals surface area contributed by atoms with Gasteiger partial charge < -0.3 is 9.84 Å². The topological polar surface area (TPSA) is 29.5 Å². The zero-order valence-corrected chi connectivity index (χ0v) is 7.99. The number of halogens is 2. The van der Waals surface area contributed by atoms with Crippen LogP contribution in [-0.2, 0) is 0 Å². The highest BCUT2D eigenvalue weighted by molar-refractivity contribution is 5.42. The summed E-state index contributed by atoms with van der Waals surface area (Å²) < 4.78 is 28.2. The van der Waals surface area contributed by atoms with E-state index in [0.717, 1.165) is 25.0 Å². The second-order valence-electron chi connectivity index (χ2n) is 3.58. The molecule has 1 aromatic carbocycles. The van der Waals surface area contributed by atoms with Crippen molar-refractivity contribution in [3.63, 3.8) is 0 Å². The Bertz CT molecular complexity index is 348. The molecule has 2 nitrogen and oxygen atoms in total. The molecule has 1 aromatic rings. The fourth-order valence-electron chi connectivity index (χ4n) is 1.54. The van der Waals surface area contributed by atoms with E-state index in [1.807, 2.05) is 0 Å². The first-order valence-electron chi connectivity index (χ1n) is 4.77. The van der Waals surface area contributed by atoms with Crippen LogP contribution >= 0.6 is 0 Å². The highest BCUT2D eigenvalue weighted by Gasteiger charge is 2.24. The number of alkyl halides is 2. The molecule has 81 valence electrons. The van der Waals surface area contributed by atoms with Crippen molar-refractivity contribution >= 4 is 0 Å². The van der Waals surface area contributed by atoms with Crippen LogP contribution in [0.5, 0.6) is 5.75 Å². The van der Waals surface area contributed by atoms with Crippen LogP contribution in [0.15, 0.2) is 18.2 Å². The molecule has 15 heavy (non-hydrogen) atoms. The van der Waals surface area contributed by atoms with Crippen molar-refractivity contribution in [3.05, 3.63) is 35.9 Å². The summed E-state index contributed by atoms with van der Waals surface area (Å²) in [5, 5.41) is 8.91. The maximum atomic E-state index is 12.0. The first-order valence-corrected chi connectivity index (χ1v) is 4.77. The van der Waals surface area contributed by atoms with Gasteiger partial charge in [-0.2, -0.15) is 8.78 Å². The van der Waals surface area contributed by atoms with Gasteiger partial charge in [0.25, 0.3) is 0 Å². The lowest BCUT2D eigenvalue weighted by Gasteiger charge is -2.10. The number of hydrogen-bond acceptors (Lipinski definition) is 2. The van der Waals surface area contributed by atoms with E-state index in [9.17, 15) is 8.78 Å². The van der Waals surface area contributed by atoms with Gasteiger partial charge in [-0.05, 0) is 36.5 Å². The Morgan fingerprint density at radius 1 is 1.40 bits per heavy atom. The molecular formula is C11H11F2O2. The van der Waals surface area contributed by atoms with Crippen molar-refractivity contribution in [1.82, 2.24) is 0 Å². The molecule has 0 spiro atoms. The Kier molecular flexibility index (Phi) is 2.86. The average molecular weight is 213 g/mol. The Hall–Kier alpha value is -1.16. The lowest BCUT2D eigenvalue weighted by Crippen LogP contribution is -2.04. The molecule has 4 heteroatoms. The number of rotatable bonds is 4. The summed E-state index contributed by atoms with van der Waals surface area (Å²) >= 11 is 0. The molecule has 1 aliphatic carbocycles. The molecule has 0 amide bonds. The van der Waals surface area contributed by atoms with Crippen molar-refractivity contribution in [2.45, 2.75) is 25.4 Å². The molecule has 1 N–H and O–H groups in total. The lowest BCUT2D eigenvalue weighted by molar-refractivity contribution is -0.0504. The first kappa shape index (κ1) is 10.4. The molecule has 1 saturated carbocycles. The van der Waals surface area contributed by atoms with E-state index >= 15 is 0 Å². The fourth-order valence-corrected chi connectivity index (χ4v) is 1.54. The molecule has 0 saturated heterocycles. The number of aliphatic hydroxyl groups is 1. The largest absolute Gasteiger partial charge is 0.434 e. The smallest absolute Gasteiger partial charge is 0.387 e. The number of ether oxygens (including phenoxy) is 1. The zero-order valence-electron chi connectivity index (χ0n) is 7.99. The predicted octanol–water partition coefficient (Wildman–Crippen LogP) is 3.05. The van der Waals surface area contributed by atoms with Gasteiger partial charge in [0.2, 0.25) is 0 Å². The summed E-state index contributed by atoms with van der Waals surface area (Å²) in [5.41, 5.74) is 1.37. The van der Waals surface area contributed by atoms with Gasteiger partial charge in [-0.3, -0.25) is 0 Å². The van der Waals surface area contributed by atoms with Gasteiger partial charge in [0, 0.05) is 5.56 Å². The monoisotopic (exact) mass is 213 g/mol. The summed E-state index contributed by atoms with van der Waals surface area (Å²) in [5.74, 6) is 0.529. The number of hydrogen-bond donors (Lipinski definition) is 1. The minimum absolute atomic E-state index is 0.0110. The third kappa shape index (κ3) is 2.45. The molecule has 1 aliphatic rings. The van der Waals surface area contributed by atoms with Crippen molar-refractivity contribution in [2.75, 3.05) is 0 Å². The Morgan fingerprint density at radius 2 is 2.13 bits per heavy atom. The van der Waals surface area contributed by atoms with Gasteiger partial charge in [-0.1, -0.05) is 6.07 Å². The molecule has 0 heterocycles. The van der Waals surface area contributed by atoms with Crippen LogP contribution in [0.3, 0.4) is 0 Å². The average Bonchev–Trinajstić information content (AvgIpc) is 3.01. The molecule has 1 radical (unpaired) electrons. The highest BCUT2D eigenvalue weighted by atomic mass is 19.3. The number of benzene rings is 1. The Morgan fingerprint density at radius 3 is 2.67 bits per heavy atom. The van der Waals surface area contributed by atoms with Gasteiger partial charge in [-0.15, -0.1) is 0 Å². The van der Waals surface area contributed by atoms with Crippen LogP contribution in [0, 0.1) is 6.61 Å². The normalized spacial score (nSPS) is 15.7. The van der Waals surface area contributed by atoms with Crippen molar-refractivity contribution in [3.8, 4) is 5.75 Å². The second kappa shape index (κ2) is 4.14. The van der Waals surface area contributed by atoms with Gasteiger partial charge in [-0.25, -0.2) is 0 Å². The van der Waals surface area contributed by atoms with Gasteiger partial charge in [0.05, 0.1) is 0 Å². The fraction of sp³-hybridized carbons (Fsp3) is 0.364. The van der Waals surface area contributed by atoms with Crippen LogP contribution in [0.2, 0.25) is 0 Å². The molecule has 0 atom stereocenters. The van der Waals surface area contributed by atoms with Gasteiger partial charge in [0.15, 0.2) is 0 Å². The minimum Gasteiger partial charge on any atom is -0.434 e. The minimum atomic E-state index is -2.87. The van der Waals surface area contributed by atoms with E-state index in [4.69, 9.17) is 5.11 Å². The SMILES string of the molecule is O[CH]c1cc(C2CC2)ccc1OC(F)F. The third-order valence-corrected chi connectivity index (χ3v) is 2.44. The van der Waals surface area contributed by atoms with Gasteiger partial charge >= 0.3 is 6.61 Å². The molecule has 0 bridgehead atoms. The van der Waals surface area contributed by atoms with E-state index in [0.29, 0.717) is 11.5 Å². The summed E-state index contributed by atoms with van der Waals surface area (Å²) in [6, 6.07) is 4.93. The van der Waals surface area contributed by atoms with Crippen LogP contribution in [0.25, 0.3) is 0 Å². The maximum Gasteiger partial charge on any atom is 0.387 e. The first-order chi connectivity index (χ1) is 7.20. The lowest BCUT2D eigenvalue weighted by atomic mass is 10.1. The molecular weight excluding hydrogens is 202 g/mol. The third-order valence-electron chi connectivity index (χ3n) is 2.44. The van der Waals surface area contributed by atoms with Crippen LogP contribution < -0.4 is 4.74 Å². The zero-order chi connectivity index (χ0) is 10.8. The molecule has 0 aliphatic heterocycles. The molecule has 2 rings (SSSR count). The highest BCUT2D eigenvalue weighted by Crippen LogP contribution is 2.41. The van der Waals surface area contributed by atoms with Crippen molar-refractivity contribution in [1.29, 1.82) is 0 Å².